The van der Waals surface area contributed by atoms with Crippen molar-refractivity contribution < 1.29 is 9.13 Å². The molecule has 2 heteroatoms. The van der Waals surface area contributed by atoms with Crippen LogP contribution in [0, 0.1) is 11.9 Å². The van der Waals surface area contributed by atoms with E-state index in [9.17, 15) is 4.39 Å². The van der Waals surface area contributed by atoms with Gasteiger partial charge in [-0.3, -0.25) is 0 Å². The van der Waals surface area contributed by atoms with Gasteiger partial charge in [0.05, 0.1) is 0 Å². The van der Waals surface area contributed by atoms with Gasteiger partial charge in [0.1, 0.15) is 18.2 Å². The van der Waals surface area contributed by atoms with E-state index in [2.05, 4.69) is 19.1 Å². The predicted octanol–water partition coefficient (Wildman–Crippen LogP) is 3.36. The molecule has 0 aromatic heterocycles. The van der Waals surface area contributed by atoms with E-state index < -0.39 is 0 Å². The largest absolute Gasteiger partial charge is 0.489 e. The molecule has 0 aliphatic heterocycles. The quantitative estimate of drug-likeness (QED) is 0.651. The normalized spacial score (nSPS) is 10.7. The number of rotatable bonds is 5. The molecule has 1 aromatic carbocycles. The van der Waals surface area contributed by atoms with Gasteiger partial charge in [0.15, 0.2) is 0 Å². The maximum absolute atomic E-state index is 12.6. The Morgan fingerprint density at radius 2 is 2.36 bits per heavy atom. The Bertz CT molecular complexity index is 294. The number of allylic oxidation sites excluding steroid dienone is 1. The molecule has 0 saturated heterocycles. The number of halogens is 1. The van der Waals surface area contributed by atoms with Crippen LogP contribution in [-0.4, -0.2) is 6.61 Å². The SMILES string of the molecule is CCC/C=C/COc1cc[c]c(F)c1. The average molecular weight is 193 g/mol. The summed E-state index contributed by atoms with van der Waals surface area (Å²) in [4.78, 5) is 0. The summed E-state index contributed by atoms with van der Waals surface area (Å²) in [6.45, 7) is 2.61. The molecule has 1 rings (SSSR count). The Balaban J connectivity index is 2.31. The van der Waals surface area contributed by atoms with E-state index in [4.69, 9.17) is 4.74 Å². The zero-order valence-corrected chi connectivity index (χ0v) is 8.29. The second kappa shape index (κ2) is 6.19. The van der Waals surface area contributed by atoms with Gasteiger partial charge >= 0.3 is 0 Å². The molecule has 0 N–H and O–H groups in total. The van der Waals surface area contributed by atoms with E-state index in [0.717, 1.165) is 12.8 Å². The smallest absolute Gasteiger partial charge is 0.134 e. The molecule has 0 atom stereocenters. The van der Waals surface area contributed by atoms with Crippen molar-refractivity contribution in [1.82, 2.24) is 0 Å². The minimum absolute atomic E-state index is 0.389. The van der Waals surface area contributed by atoms with Gasteiger partial charge < -0.3 is 4.74 Å². The van der Waals surface area contributed by atoms with Crippen molar-refractivity contribution in [3.8, 4) is 5.75 Å². The Morgan fingerprint density at radius 3 is 3.07 bits per heavy atom. The van der Waals surface area contributed by atoms with Gasteiger partial charge in [0.25, 0.3) is 0 Å². The first kappa shape index (κ1) is 10.8. The summed E-state index contributed by atoms with van der Waals surface area (Å²) in [7, 11) is 0. The molecular formula is C12H14FO. The van der Waals surface area contributed by atoms with Crippen molar-refractivity contribution in [1.29, 1.82) is 0 Å². The molecule has 0 aliphatic carbocycles. The molecule has 0 unspecified atom stereocenters. The summed E-state index contributed by atoms with van der Waals surface area (Å²) in [6, 6.07) is 6.95. The first-order valence-electron chi connectivity index (χ1n) is 4.78. The van der Waals surface area contributed by atoms with Crippen LogP contribution in [0.2, 0.25) is 0 Å². The van der Waals surface area contributed by atoms with Crippen molar-refractivity contribution in [3.05, 3.63) is 42.2 Å². The average Bonchev–Trinajstić information content (AvgIpc) is 2.18. The van der Waals surface area contributed by atoms with Crippen molar-refractivity contribution in [2.45, 2.75) is 19.8 Å². The third-order valence-corrected chi connectivity index (χ3v) is 1.71. The summed E-state index contributed by atoms with van der Waals surface area (Å²) < 4.78 is 17.9. The molecule has 0 aliphatic rings. The van der Waals surface area contributed by atoms with E-state index >= 15 is 0 Å². The molecule has 0 heterocycles. The third kappa shape index (κ3) is 4.08. The maximum Gasteiger partial charge on any atom is 0.134 e. The topological polar surface area (TPSA) is 9.23 Å². The van der Waals surface area contributed by atoms with Crippen LogP contribution in [-0.2, 0) is 0 Å². The highest BCUT2D eigenvalue weighted by atomic mass is 19.1. The molecule has 0 bridgehead atoms. The lowest BCUT2D eigenvalue weighted by Crippen LogP contribution is -1.93. The minimum Gasteiger partial charge on any atom is -0.489 e. The molecule has 1 nitrogen and oxygen atoms in total. The van der Waals surface area contributed by atoms with Gasteiger partial charge in [-0.1, -0.05) is 25.5 Å². The lowest BCUT2D eigenvalue weighted by Gasteiger charge is -2.01. The number of benzene rings is 1. The molecule has 0 saturated carbocycles. The fourth-order valence-corrected chi connectivity index (χ4v) is 1.00. The fourth-order valence-electron chi connectivity index (χ4n) is 1.00. The Kier molecular flexibility index (Phi) is 4.76. The van der Waals surface area contributed by atoms with Crippen LogP contribution >= 0.6 is 0 Å². The van der Waals surface area contributed by atoms with Crippen LogP contribution in [0.5, 0.6) is 5.75 Å². The van der Waals surface area contributed by atoms with Gasteiger partial charge in [0.2, 0.25) is 0 Å². The zero-order valence-electron chi connectivity index (χ0n) is 8.29. The lowest BCUT2D eigenvalue weighted by molar-refractivity contribution is 0.360. The standard InChI is InChI=1S/C12H14FO/c1-2-3-4-5-9-14-12-8-6-7-11(13)10-12/h4-6,8,10H,2-3,9H2,1H3/b5-4+. The van der Waals surface area contributed by atoms with E-state index in [1.165, 1.54) is 12.1 Å². The number of hydrogen-bond donors (Lipinski definition) is 0. The van der Waals surface area contributed by atoms with Gasteiger partial charge in [-0.15, -0.1) is 0 Å². The summed E-state index contributed by atoms with van der Waals surface area (Å²) in [6.07, 6.45) is 6.19. The van der Waals surface area contributed by atoms with Gasteiger partial charge in [0, 0.05) is 12.1 Å². The first-order valence-corrected chi connectivity index (χ1v) is 4.78. The van der Waals surface area contributed by atoms with Gasteiger partial charge in [-0.05, 0) is 18.6 Å². The number of hydrogen-bond acceptors (Lipinski definition) is 1. The highest BCUT2D eigenvalue weighted by Gasteiger charge is 1.93. The molecule has 1 radical (unpaired) electrons. The maximum atomic E-state index is 12.6. The van der Waals surface area contributed by atoms with Crippen molar-refractivity contribution >= 4 is 0 Å². The van der Waals surface area contributed by atoms with E-state index in [1.54, 1.807) is 6.07 Å². The van der Waals surface area contributed by atoms with Crippen molar-refractivity contribution in [3.63, 3.8) is 0 Å². The Morgan fingerprint density at radius 1 is 1.50 bits per heavy atom. The Hall–Kier alpha value is -1.31. The van der Waals surface area contributed by atoms with E-state index in [0.29, 0.717) is 12.4 Å². The zero-order chi connectivity index (χ0) is 10.2. The van der Waals surface area contributed by atoms with Crippen LogP contribution in [0.4, 0.5) is 4.39 Å². The van der Waals surface area contributed by atoms with Crippen molar-refractivity contribution in [2.24, 2.45) is 0 Å². The molecule has 75 valence electrons. The molecule has 0 amide bonds. The van der Waals surface area contributed by atoms with Crippen LogP contribution in [0.3, 0.4) is 0 Å². The highest BCUT2D eigenvalue weighted by Crippen LogP contribution is 2.11. The molecule has 0 fully saturated rings. The van der Waals surface area contributed by atoms with E-state index in [1.807, 2.05) is 6.08 Å². The molecule has 1 aromatic rings. The van der Waals surface area contributed by atoms with Crippen molar-refractivity contribution in [2.75, 3.05) is 6.61 Å². The molecule has 14 heavy (non-hydrogen) atoms. The van der Waals surface area contributed by atoms with Crippen LogP contribution in [0.25, 0.3) is 0 Å². The van der Waals surface area contributed by atoms with E-state index in [-0.39, 0.29) is 5.82 Å². The van der Waals surface area contributed by atoms with Gasteiger partial charge in [-0.2, -0.15) is 0 Å². The second-order valence-corrected chi connectivity index (χ2v) is 2.94. The van der Waals surface area contributed by atoms with Gasteiger partial charge in [-0.25, -0.2) is 4.39 Å². The Labute approximate surface area is 84.2 Å². The number of ether oxygens (including phenoxy) is 1. The molecular weight excluding hydrogens is 179 g/mol. The van der Waals surface area contributed by atoms with Crippen LogP contribution < -0.4 is 4.74 Å². The minimum atomic E-state index is -0.389. The highest BCUT2D eigenvalue weighted by molar-refractivity contribution is 5.21. The first-order chi connectivity index (χ1) is 6.83. The number of unbranched alkanes of at least 4 members (excludes halogenated alkanes) is 1. The predicted molar refractivity (Wildman–Crippen MR) is 54.8 cm³/mol. The second-order valence-electron chi connectivity index (χ2n) is 2.94. The monoisotopic (exact) mass is 193 g/mol. The van der Waals surface area contributed by atoms with Crippen LogP contribution in [0.15, 0.2) is 30.4 Å². The summed E-state index contributed by atoms with van der Waals surface area (Å²) >= 11 is 0. The van der Waals surface area contributed by atoms with Crippen LogP contribution in [0.1, 0.15) is 19.8 Å². The summed E-state index contributed by atoms with van der Waals surface area (Å²) in [5.74, 6) is 0.155. The summed E-state index contributed by atoms with van der Waals surface area (Å²) in [5.41, 5.74) is 0. The fraction of sp³-hybridized carbons (Fsp3) is 0.333. The summed E-state index contributed by atoms with van der Waals surface area (Å²) in [5, 5.41) is 0. The lowest BCUT2D eigenvalue weighted by atomic mass is 10.3. The third-order valence-electron chi connectivity index (χ3n) is 1.71. The molecule has 0 spiro atoms.